The zero-order valence-corrected chi connectivity index (χ0v) is 19.5. The molecule has 2 amide bonds. The summed E-state index contributed by atoms with van der Waals surface area (Å²) in [6, 6.07) is 17.6. The van der Waals surface area contributed by atoms with E-state index in [4.69, 9.17) is 0 Å². The lowest BCUT2D eigenvalue weighted by atomic mass is 9.87. The van der Waals surface area contributed by atoms with Crippen LogP contribution in [0.4, 0.5) is 0 Å². The number of imide groups is 1. The van der Waals surface area contributed by atoms with E-state index >= 15 is 0 Å². The maximum atomic E-state index is 12.3. The maximum absolute atomic E-state index is 12.3. The summed E-state index contributed by atoms with van der Waals surface area (Å²) in [6.07, 6.45) is 1.93. The number of nitrogens with zero attached hydrogens (tertiary/aromatic N) is 3. The zero-order valence-electron chi connectivity index (χ0n) is 18.7. The van der Waals surface area contributed by atoms with Gasteiger partial charge in [-0.1, -0.05) is 93.2 Å². The van der Waals surface area contributed by atoms with E-state index < -0.39 is 0 Å². The van der Waals surface area contributed by atoms with Crippen molar-refractivity contribution in [3.63, 3.8) is 0 Å². The molecule has 0 saturated carbocycles. The third kappa shape index (κ3) is 6.17. The molecule has 0 atom stereocenters. The molecule has 7 heteroatoms. The molecule has 0 fully saturated rings. The minimum atomic E-state index is -0.361. The summed E-state index contributed by atoms with van der Waals surface area (Å²) in [5.41, 5.74) is 3.11. The van der Waals surface area contributed by atoms with Crippen molar-refractivity contribution in [1.29, 1.82) is 0 Å². The van der Waals surface area contributed by atoms with Crippen LogP contribution in [0.5, 0.6) is 0 Å². The van der Waals surface area contributed by atoms with E-state index in [0.717, 1.165) is 11.1 Å². The van der Waals surface area contributed by atoms with Crippen LogP contribution in [0.2, 0.25) is 0 Å². The highest BCUT2D eigenvalue weighted by Crippen LogP contribution is 2.27. The molecule has 0 radical (unpaired) electrons. The Hall–Kier alpha value is -3.19. The predicted octanol–water partition coefficient (Wildman–Crippen LogP) is 4.41. The Morgan fingerprint density at radius 3 is 2.34 bits per heavy atom. The van der Waals surface area contributed by atoms with Crippen LogP contribution in [-0.4, -0.2) is 32.3 Å². The third-order valence-corrected chi connectivity index (χ3v) is 5.82. The molecule has 1 N–H and O–H groups in total. The van der Waals surface area contributed by atoms with Gasteiger partial charge in [0.05, 0.1) is 12.2 Å². The SMILES string of the molecule is C=CCn1c(SCC(=O)NC(=O)Cc2ccccc2)nnc1-c1ccc(C(C)(C)C)cc1. The van der Waals surface area contributed by atoms with Gasteiger partial charge < -0.3 is 0 Å². The Labute approximate surface area is 193 Å². The Morgan fingerprint density at radius 1 is 1.03 bits per heavy atom. The van der Waals surface area contributed by atoms with E-state index in [-0.39, 0.29) is 29.4 Å². The lowest BCUT2D eigenvalue weighted by Gasteiger charge is -2.19. The van der Waals surface area contributed by atoms with E-state index in [2.05, 4.69) is 55.0 Å². The van der Waals surface area contributed by atoms with Crippen LogP contribution in [-0.2, 0) is 28.0 Å². The van der Waals surface area contributed by atoms with Gasteiger partial charge >= 0.3 is 0 Å². The number of aromatic nitrogens is 3. The zero-order chi connectivity index (χ0) is 23.1. The number of hydrogen-bond acceptors (Lipinski definition) is 5. The summed E-state index contributed by atoms with van der Waals surface area (Å²) in [5, 5.41) is 11.6. The molecule has 0 spiro atoms. The fourth-order valence-electron chi connectivity index (χ4n) is 3.17. The second kappa shape index (κ2) is 10.4. The first-order valence-electron chi connectivity index (χ1n) is 10.4. The van der Waals surface area contributed by atoms with Crippen LogP contribution in [0.15, 0.2) is 72.4 Å². The average Bonchev–Trinajstić information content (AvgIpc) is 3.15. The van der Waals surface area contributed by atoms with Gasteiger partial charge in [-0.3, -0.25) is 19.5 Å². The van der Waals surface area contributed by atoms with Crippen LogP contribution >= 0.6 is 11.8 Å². The van der Waals surface area contributed by atoms with Gasteiger partial charge in [-0.2, -0.15) is 0 Å². The molecule has 0 aliphatic rings. The molecule has 0 bridgehead atoms. The van der Waals surface area contributed by atoms with E-state index in [1.807, 2.05) is 47.0 Å². The van der Waals surface area contributed by atoms with Crippen molar-refractivity contribution in [2.75, 3.05) is 5.75 Å². The Morgan fingerprint density at radius 2 is 1.72 bits per heavy atom. The van der Waals surface area contributed by atoms with Gasteiger partial charge in [0.25, 0.3) is 0 Å². The highest BCUT2D eigenvalue weighted by Gasteiger charge is 2.18. The number of carbonyl (C=O) groups excluding carboxylic acids is 2. The van der Waals surface area contributed by atoms with E-state index in [1.165, 1.54) is 17.3 Å². The largest absolute Gasteiger partial charge is 0.298 e. The highest BCUT2D eigenvalue weighted by molar-refractivity contribution is 7.99. The number of nitrogens with one attached hydrogen (secondary N) is 1. The Bertz CT molecular complexity index is 1080. The fraction of sp³-hybridized carbons (Fsp3) is 0.280. The molecule has 3 rings (SSSR count). The first-order valence-corrected chi connectivity index (χ1v) is 11.4. The van der Waals surface area contributed by atoms with Crippen molar-refractivity contribution < 1.29 is 9.59 Å². The summed E-state index contributed by atoms with van der Waals surface area (Å²) < 4.78 is 1.92. The van der Waals surface area contributed by atoms with Crippen molar-refractivity contribution in [2.45, 2.75) is 44.3 Å². The van der Waals surface area contributed by atoms with Crippen LogP contribution in [0, 0.1) is 0 Å². The maximum Gasteiger partial charge on any atom is 0.237 e. The molecule has 32 heavy (non-hydrogen) atoms. The molecule has 6 nitrogen and oxygen atoms in total. The van der Waals surface area contributed by atoms with Crippen molar-refractivity contribution >= 4 is 23.6 Å². The molecule has 166 valence electrons. The first kappa shape index (κ1) is 23.5. The van der Waals surface area contributed by atoms with Gasteiger partial charge in [-0.15, -0.1) is 16.8 Å². The van der Waals surface area contributed by atoms with E-state index in [1.54, 1.807) is 6.08 Å². The number of benzene rings is 2. The van der Waals surface area contributed by atoms with Crippen molar-refractivity contribution in [2.24, 2.45) is 0 Å². The monoisotopic (exact) mass is 448 g/mol. The number of allylic oxidation sites excluding steroid dienone is 1. The standard InChI is InChI=1S/C25H28N4O2S/c1-5-15-29-23(19-11-13-20(14-12-19)25(2,3)4)27-28-24(29)32-17-22(31)26-21(30)16-18-9-7-6-8-10-18/h5-14H,1,15-17H2,2-4H3,(H,26,30,31). The molecule has 0 aliphatic heterocycles. The molecule has 0 unspecified atom stereocenters. The predicted molar refractivity (Wildman–Crippen MR) is 128 cm³/mol. The number of rotatable bonds is 8. The number of amides is 2. The smallest absolute Gasteiger partial charge is 0.237 e. The highest BCUT2D eigenvalue weighted by atomic mass is 32.2. The number of carbonyl (C=O) groups is 2. The van der Waals surface area contributed by atoms with E-state index in [9.17, 15) is 9.59 Å². The third-order valence-electron chi connectivity index (χ3n) is 4.86. The lowest BCUT2D eigenvalue weighted by molar-refractivity contribution is -0.128. The van der Waals surface area contributed by atoms with Gasteiger partial charge in [0.2, 0.25) is 11.8 Å². The van der Waals surface area contributed by atoms with Gasteiger partial charge in [-0.05, 0) is 16.5 Å². The summed E-state index contributed by atoms with van der Waals surface area (Å²) in [4.78, 5) is 24.4. The Kier molecular flexibility index (Phi) is 7.64. The van der Waals surface area contributed by atoms with Gasteiger partial charge in [-0.25, -0.2) is 0 Å². The van der Waals surface area contributed by atoms with Gasteiger partial charge in [0, 0.05) is 12.1 Å². The van der Waals surface area contributed by atoms with Gasteiger partial charge in [0.1, 0.15) is 0 Å². The number of hydrogen-bond donors (Lipinski definition) is 1. The second-order valence-electron chi connectivity index (χ2n) is 8.46. The van der Waals surface area contributed by atoms with Crippen LogP contribution in [0.1, 0.15) is 31.9 Å². The van der Waals surface area contributed by atoms with Crippen LogP contribution in [0.25, 0.3) is 11.4 Å². The van der Waals surface area contributed by atoms with Crippen LogP contribution in [0.3, 0.4) is 0 Å². The molecule has 0 saturated heterocycles. The van der Waals surface area contributed by atoms with Gasteiger partial charge in [0.15, 0.2) is 11.0 Å². The average molecular weight is 449 g/mol. The molecule has 3 aromatic rings. The molecule has 0 aliphatic carbocycles. The summed E-state index contributed by atoms with van der Waals surface area (Å²) in [6.45, 7) is 10.9. The molecular weight excluding hydrogens is 420 g/mol. The summed E-state index contributed by atoms with van der Waals surface area (Å²) >= 11 is 1.24. The molecular formula is C25H28N4O2S. The molecule has 1 aromatic heterocycles. The normalized spacial score (nSPS) is 11.2. The molecule has 1 heterocycles. The van der Waals surface area contributed by atoms with Crippen molar-refractivity contribution in [1.82, 2.24) is 20.1 Å². The minimum absolute atomic E-state index is 0.0682. The second-order valence-corrected chi connectivity index (χ2v) is 9.40. The topological polar surface area (TPSA) is 76.9 Å². The van der Waals surface area contributed by atoms with Crippen LogP contribution < -0.4 is 5.32 Å². The summed E-state index contributed by atoms with van der Waals surface area (Å²) in [7, 11) is 0. The van der Waals surface area contributed by atoms with Crippen molar-refractivity contribution in [3.05, 3.63) is 78.4 Å². The molecule has 2 aromatic carbocycles. The van der Waals surface area contributed by atoms with Crippen molar-refractivity contribution in [3.8, 4) is 11.4 Å². The van der Waals surface area contributed by atoms with E-state index in [0.29, 0.717) is 17.5 Å². The quantitative estimate of drug-likeness (QED) is 0.408. The Balaban J connectivity index is 1.65. The lowest BCUT2D eigenvalue weighted by Crippen LogP contribution is -2.33. The minimum Gasteiger partial charge on any atom is -0.298 e. The number of thioether (sulfide) groups is 1. The fourth-order valence-corrected chi connectivity index (χ4v) is 3.92. The first-order chi connectivity index (χ1) is 15.3. The summed E-state index contributed by atoms with van der Waals surface area (Å²) in [5.74, 6) is 0.0984.